The van der Waals surface area contributed by atoms with Gasteiger partial charge in [-0.15, -0.1) is 0 Å². The molecule has 0 atom stereocenters. The lowest BCUT2D eigenvalue weighted by atomic mass is 10.0. The molecule has 2 rings (SSSR count). The van der Waals surface area contributed by atoms with Gasteiger partial charge in [0, 0.05) is 5.54 Å². The molecule has 0 saturated heterocycles. The predicted octanol–water partition coefficient (Wildman–Crippen LogP) is 3.01. The average molecular weight is 290 g/mol. The zero-order valence-corrected chi connectivity index (χ0v) is 11.3. The van der Waals surface area contributed by atoms with E-state index in [0.29, 0.717) is 5.56 Å². The number of rotatable bonds is 2. The summed E-state index contributed by atoms with van der Waals surface area (Å²) in [6.45, 7) is 0. The molecule has 98 valence electrons. The highest BCUT2D eigenvalue weighted by Crippen LogP contribution is 2.42. The van der Waals surface area contributed by atoms with Gasteiger partial charge in [0.05, 0.1) is 12.7 Å². The molecule has 0 aliphatic heterocycles. The third kappa shape index (κ3) is 4.29. The maximum absolute atomic E-state index is 11.1. The lowest BCUT2D eigenvalue weighted by Gasteiger charge is -2.08. The van der Waals surface area contributed by atoms with Crippen LogP contribution in [0.5, 0.6) is 0 Å². The quantitative estimate of drug-likeness (QED) is 0.671. The zero-order valence-electron chi connectivity index (χ0n) is 9.78. The number of methoxy groups -OCH3 is 1. The molecule has 2 N–H and O–H groups in total. The van der Waals surface area contributed by atoms with Crippen molar-refractivity contribution in [3.63, 3.8) is 0 Å². The van der Waals surface area contributed by atoms with Crippen molar-refractivity contribution in [3.05, 3.63) is 35.4 Å². The van der Waals surface area contributed by atoms with E-state index in [2.05, 4.69) is 27.9 Å². The van der Waals surface area contributed by atoms with Crippen LogP contribution in [0.15, 0.2) is 24.3 Å². The van der Waals surface area contributed by atoms with Gasteiger partial charge >= 0.3 is 10.7 Å². The second kappa shape index (κ2) is 6.18. The van der Waals surface area contributed by atoms with Crippen molar-refractivity contribution in [3.8, 4) is 0 Å². The van der Waals surface area contributed by atoms with Gasteiger partial charge in [-0.25, -0.2) is 4.79 Å². The summed E-state index contributed by atoms with van der Waals surface area (Å²) in [4.78, 5) is 20.1. The second-order valence-corrected chi connectivity index (χ2v) is 4.83. The van der Waals surface area contributed by atoms with Crippen molar-refractivity contribution in [2.75, 3.05) is 7.11 Å². The maximum atomic E-state index is 11.1. The number of nitrogens with two attached hydrogens (primary N) is 1. The Bertz CT molecular complexity index is 437. The Morgan fingerprint density at radius 2 is 1.67 bits per heavy atom. The molecule has 0 bridgehead atoms. The number of halogens is 2. The summed E-state index contributed by atoms with van der Waals surface area (Å²) in [5, 5.41) is 0. The predicted molar refractivity (Wildman–Crippen MR) is 70.0 cm³/mol. The van der Waals surface area contributed by atoms with Crippen molar-refractivity contribution >= 4 is 33.9 Å². The van der Waals surface area contributed by atoms with Gasteiger partial charge in [-0.2, -0.15) is 0 Å². The molecular formula is C12H13Cl2NO3. The fraction of sp³-hybridized carbons (Fsp3) is 0.333. The highest BCUT2D eigenvalue weighted by molar-refractivity contribution is 6.93. The van der Waals surface area contributed by atoms with Crippen LogP contribution in [0.4, 0.5) is 4.79 Å². The molecule has 0 radical (unpaired) electrons. The Morgan fingerprint density at radius 3 is 2.00 bits per heavy atom. The molecule has 0 unspecified atom stereocenters. The molecule has 1 saturated carbocycles. The number of esters is 1. The third-order valence-electron chi connectivity index (χ3n) is 2.67. The van der Waals surface area contributed by atoms with E-state index in [4.69, 9.17) is 10.5 Å². The Kier molecular flexibility index (Phi) is 5.14. The minimum absolute atomic E-state index is 0.130. The molecule has 0 amide bonds. The molecular weight excluding hydrogens is 277 g/mol. The molecule has 0 heterocycles. The summed E-state index contributed by atoms with van der Waals surface area (Å²) in [5.41, 5.74) is 7.55. The normalized spacial score (nSPS) is 15.1. The number of carbonyl (C=O) groups is 2. The van der Waals surface area contributed by atoms with Crippen molar-refractivity contribution < 1.29 is 14.3 Å². The highest BCUT2D eigenvalue weighted by atomic mass is 35.5. The summed E-state index contributed by atoms with van der Waals surface area (Å²) in [5.74, 6) is -0.307. The van der Waals surface area contributed by atoms with E-state index in [1.165, 1.54) is 7.11 Å². The minimum Gasteiger partial charge on any atom is -0.465 e. The Labute approximate surface area is 115 Å². The fourth-order valence-corrected chi connectivity index (χ4v) is 1.48. The fourth-order valence-electron chi connectivity index (χ4n) is 1.48. The summed E-state index contributed by atoms with van der Waals surface area (Å²) >= 11 is 8.80. The number of hydrogen-bond donors (Lipinski definition) is 1. The first-order chi connectivity index (χ1) is 8.39. The molecule has 1 fully saturated rings. The van der Waals surface area contributed by atoms with Gasteiger partial charge < -0.3 is 10.5 Å². The van der Waals surface area contributed by atoms with Crippen LogP contribution in [0.2, 0.25) is 0 Å². The SMILES string of the molecule is COC(=O)c1ccc(C2(N)CC2)cc1.O=C(Cl)Cl. The molecule has 1 aliphatic carbocycles. The van der Waals surface area contributed by atoms with Crippen LogP contribution in [-0.2, 0) is 10.3 Å². The van der Waals surface area contributed by atoms with E-state index in [-0.39, 0.29) is 11.5 Å². The van der Waals surface area contributed by atoms with Crippen LogP contribution in [-0.4, -0.2) is 17.8 Å². The summed E-state index contributed by atoms with van der Waals surface area (Å²) < 4.78 is 3.72. The molecule has 6 heteroatoms. The van der Waals surface area contributed by atoms with Crippen LogP contribution in [0.1, 0.15) is 28.8 Å². The Morgan fingerprint density at radius 1 is 1.22 bits per heavy atom. The molecule has 0 aromatic heterocycles. The van der Waals surface area contributed by atoms with E-state index < -0.39 is 4.70 Å². The summed E-state index contributed by atoms with van der Waals surface area (Å²) in [7, 11) is 1.38. The van der Waals surface area contributed by atoms with Crippen LogP contribution in [0.3, 0.4) is 0 Å². The van der Waals surface area contributed by atoms with Gasteiger partial charge in [0.1, 0.15) is 0 Å². The van der Waals surface area contributed by atoms with Gasteiger partial charge in [0.2, 0.25) is 0 Å². The average Bonchev–Trinajstić information content (AvgIpc) is 3.07. The largest absolute Gasteiger partial charge is 0.465 e. The number of hydrogen-bond acceptors (Lipinski definition) is 4. The maximum Gasteiger partial charge on any atom is 0.337 e. The van der Waals surface area contributed by atoms with Gasteiger partial charge in [-0.3, -0.25) is 4.79 Å². The zero-order chi connectivity index (χ0) is 13.8. The lowest BCUT2D eigenvalue weighted by molar-refractivity contribution is 0.0600. The first-order valence-electron chi connectivity index (χ1n) is 5.22. The highest BCUT2D eigenvalue weighted by Gasteiger charge is 2.39. The van der Waals surface area contributed by atoms with Crippen molar-refractivity contribution in [1.29, 1.82) is 0 Å². The van der Waals surface area contributed by atoms with E-state index >= 15 is 0 Å². The second-order valence-electron chi connectivity index (χ2n) is 3.95. The number of benzene rings is 1. The first kappa shape index (κ1) is 15.0. The molecule has 0 spiro atoms. The molecule has 4 nitrogen and oxygen atoms in total. The van der Waals surface area contributed by atoms with Gasteiger partial charge in [0.15, 0.2) is 0 Å². The van der Waals surface area contributed by atoms with E-state index in [9.17, 15) is 4.79 Å². The molecule has 1 aromatic carbocycles. The standard InChI is InChI=1S/C11H13NO2.CCl2O/c1-14-10(13)8-2-4-9(5-3-8)11(12)6-7-11;2-1(3)4/h2-5H,6-7,12H2,1H3;. The summed E-state index contributed by atoms with van der Waals surface area (Å²) in [6.07, 6.45) is 2.06. The van der Waals surface area contributed by atoms with Gasteiger partial charge in [-0.05, 0) is 53.7 Å². The monoisotopic (exact) mass is 289 g/mol. The first-order valence-corrected chi connectivity index (χ1v) is 5.97. The van der Waals surface area contributed by atoms with Gasteiger partial charge in [-0.1, -0.05) is 12.1 Å². The summed E-state index contributed by atoms with van der Waals surface area (Å²) in [6, 6.07) is 7.32. The van der Waals surface area contributed by atoms with Crippen LogP contribution >= 0.6 is 23.2 Å². The topological polar surface area (TPSA) is 69.4 Å². The van der Waals surface area contributed by atoms with Crippen LogP contribution in [0, 0.1) is 0 Å². The van der Waals surface area contributed by atoms with Crippen molar-refractivity contribution in [1.82, 2.24) is 0 Å². The molecule has 18 heavy (non-hydrogen) atoms. The number of ether oxygens (including phenoxy) is 1. The molecule has 1 aliphatic rings. The van der Waals surface area contributed by atoms with Gasteiger partial charge in [0.25, 0.3) is 0 Å². The lowest BCUT2D eigenvalue weighted by Crippen LogP contribution is -2.18. The van der Waals surface area contributed by atoms with Crippen molar-refractivity contribution in [2.45, 2.75) is 18.4 Å². The molecule has 1 aromatic rings. The van der Waals surface area contributed by atoms with E-state index in [0.717, 1.165) is 18.4 Å². The Balaban J connectivity index is 0.000000357. The van der Waals surface area contributed by atoms with E-state index in [1.807, 2.05) is 12.1 Å². The van der Waals surface area contributed by atoms with Crippen LogP contribution in [0.25, 0.3) is 0 Å². The number of carbonyl (C=O) groups excluding carboxylic acids is 2. The Hall–Kier alpha value is -1.10. The van der Waals surface area contributed by atoms with Crippen molar-refractivity contribution in [2.24, 2.45) is 5.73 Å². The smallest absolute Gasteiger partial charge is 0.337 e. The third-order valence-corrected chi connectivity index (χ3v) is 2.67. The van der Waals surface area contributed by atoms with E-state index in [1.54, 1.807) is 12.1 Å². The van der Waals surface area contributed by atoms with Crippen LogP contribution < -0.4 is 5.73 Å². The minimum atomic E-state index is -0.889.